The molecule has 0 heterocycles. The lowest BCUT2D eigenvalue weighted by atomic mass is 10.1. The van der Waals surface area contributed by atoms with E-state index in [1.54, 1.807) is 42.2 Å². The van der Waals surface area contributed by atoms with E-state index in [0.29, 0.717) is 11.5 Å². The molecule has 0 saturated carbocycles. The summed E-state index contributed by atoms with van der Waals surface area (Å²) in [4.78, 5) is 23.6. The molecule has 0 aliphatic heterocycles. The summed E-state index contributed by atoms with van der Waals surface area (Å²) in [7, 11) is 0. The number of esters is 1. The fraction of sp³-hybridized carbons (Fsp3) is 0.375. The molecule has 0 bridgehead atoms. The quantitative estimate of drug-likeness (QED) is 0.354. The van der Waals surface area contributed by atoms with E-state index in [4.69, 9.17) is 9.47 Å². The van der Waals surface area contributed by atoms with E-state index in [1.807, 2.05) is 20.8 Å². The second-order valence-corrected chi connectivity index (χ2v) is 9.21. The Kier molecular flexibility index (Phi) is 9.12. The summed E-state index contributed by atoms with van der Waals surface area (Å²) in [5, 5.41) is 3.99. The molecule has 0 atom stereocenters. The van der Waals surface area contributed by atoms with Crippen LogP contribution in [0.5, 0.6) is 5.75 Å². The second kappa shape index (κ2) is 11.6. The average Bonchev–Trinajstić information content (AvgIpc) is 2.65. The first-order valence-corrected chi connectivity index (χ1v) is 11.2. The first-order valence-electron chi connectivity index (χ1n) is 10.0. The molecule has 0 spiro atoms. The summed E-state index contributed by atoms with van der Waals surface area (Å²) in [6.45, 7) is 9.41. The molecule has 31 heavy (non-hydrogen) atoms. The van der Waals surface area contributed by atoms with E-state index < -0.39 is 11.6 Å². The monoisotopic (exact) mass is 442 g/mol. The van der Waals surface area contributed by atoms with E-state index in [9.17, 15) is 9.59 Å². The van der Waals surface area contributed by atoms with Gasteiger partial charge >= 0.3 is 5.97 Å². The molecule has 0 unspecified atom stereocenters. The highest BCUT2D eigenvalue weighted by atomic mass is 32.2. The first kappa shape index (κ1) is 24.5. The molecule has 0 aliphatic carbocycles. The molecule has 0 aliphatic rings. The van der Waals surface area contributed by atoms with Crippen molar-refractivity contribution in [1.82, 2.24) is 5.43 Å². The van der Waals surface area contributed by atoms with Crippen LogP contribution in [0.1, 0.15) is 43.0 Å². The second-order valence-electron chi connectivity index (χ2n) is 8.23. The maximum Gasteiger partial charge on any atom is 0.344 e. The number of nitrogens with one attached hydrogen (secondary N) is 1. The van der Waals surface area contributed by atoms with Gasteiger partial charge in [0.2, 0.25) is 5.91 Å². The van der Waals surface area contributed by atoms with Crippen LogP contribution in [-0.2, 0) is 20.1 Å². The number of hydrogen-bond donors (Lipinski definition) is 1. The van der Waals surface area contributed by atoms with E-state index >= 15 is 0 Å². The van der Waals surface area contributed by atoms with Crippen LogP contribution in [0.15, 0.2) is 47.6 Å². The standard InChI is InChI=1S/C24H30N2O4S/c1-17-10-18(2)12-20(11-17)15-31-16-22(27)26-25-13-19-6-8-21(9-7-19)29-14-23(28)30-24(3,4)5/h6-13H,14-16H2,1-5H3,(H,26,27)/b25-13+. The molecule has 166 valence electrons. The van der Waals surface area contributed by atoms with E-state index in [2.05, 4.69) is 42.6 Å². The van der Waals surface area contributed by atoms with Crippen LogP contribution >= 0.6 is 11.8 Å². The topological polar surface area (TPSA) is 77.0 Å². The molecule has 2 aromatic carbocycles. The van der Waals surface area contributed by atoms with Crippen molar-refractivity contribution in [2.24, 2.45) is 5.10 Å². The highest BCUT2D eigenvalue weighted by molar-refractivity contribution is 7.99. The molecule has 0 saturated heterocycles. The Morgan fingerprint density at radius 1 is 1.06 bits per heavy atom. The summed E-state index contributed by atoms with van der Waals surface area (Å²) in [6, 6.07) is 13.4. The highest BCUT2D eigenvalue weighted by Crippen LogP contribution is 2.16. The van der Waals surface area contributed by atoms with Crippen molar-refractivity contribution >= 4 is 29.9 Å². The Morgan fingerprint density at radius 2 is 1.71 bits per heavy atom. The van der Waals surface area contributed by atoms with Gasteiger partial charge < -0.3 is 9.47 Å². The summed E-state index contributed by atoms with van der Waals surface area (Å²) in [6.07, 6.45) is 1.56. The van der Waals surface area contributed by atoms with Gasteiger partial charge in [0.15, 0.2) is 6.61 Å². The summed E-state index contributed by atoms with van der Waals surface area (Å²) < 4.78 is 10.6. The van der Waals surface area contributed by atoms with Crippen molar-refractivity contribution in [3.8, 4) is 5.75 Å². The Balaban J connectivity index is 1.70. The molecule has 0 radical (unpaired) electrons. The van der Waals surface area contributed by atoms with Crippen LogP contribution in [0.2, 0.25) is 0 Å². The van der Waals surface area contributed by atoms with Gasteiger partial charge in [0.25, 0.3) is 0 Å². The van der Waals surface area contributed by atoms with Crippen LogP contribution in [-0.4, -0.2) is 36.1 Å². The summed E-state index contributed by atoms with van der Waals surface area (Å²) in [5.41, 5.74) is 6.47. The summed E-state index contributed by atoms with van der Waals surface area (Å²) in [5.74, 6) is 1.10. The number of nitrogens with zero attached hydrogens (tertiary/aromatic N) is 1. The zero-order valence-electron chi connectivity index (χ0n) is 18.7. The normalized spacial score (nSPS) is 11.4. The third-order valence-corrected chi connectivity index (χ3v) is 4.85. The number of aryl methyl sites for hydroxylation is 2. The minimum Gasteiger partial charge on any atom is -0.482 e. The van der Waals surface area contributed by atoms with Crippen molar-refractivity contribution in [3.05, 3.63) is 64.7 Å². The van der Waals surface area contributed by atoms with Crippen LogP contribution in [0, 0.1) is 13.8 Å². The number of amides is 1. The maximum atomic E-state index is 11.9. The zero-order valence-corrected chi connectivity index (χ0v) is 19.5. The average molecular weight is 443 g/mol. The first-order chi connectivity index (χ1) is 14.6. The van der Waals surface area contributed by atoms with Gasteiger partial charge in [0, 0.05) is 5.75 Å². The Hall–Kier alpha value is -2.80. The fourth-order valence-corrected chi connectivity index (χ4v) is 3.54. The minimum atomic E-state index is -0.538. The number of carbonyl (C=O) groups is 2. The predicted octanol–water partition coefficient (Wildman–Crippen LogP) is 4.41. The Morgan fingerprint density at radius 3 is 2.32 bits per heavy atom. The number of rotatable bonds is 9. The zero-order chi connectivity index (χ0) is 22.9. The Bertz CT molecular complexity index is 898. The maximum absolute atomic E-state index is 11.9. The van der Waals surface area contributed by atoms with E-state index in [1.165, 1.54) is 16.7 Å². The third kappa shape index (κ3) is 10.2. The third-order valence-electron chi connectivity index (χ3n) is 3.84. The van der Waals surface area contributed by atoms with E-state index in [0.717, 1.165) is 11.3 Å². The minimum absolute atomic E-state index is 0.150. The molecule has 7 heteroatoms. The van der Waals surface area contributed by atoms with Crippen molar-refractivity contribution < 1.29 is 19.1 Å². The Labute approximate surface area is 188 Å². The van der Waals surface area contributed by atoms with Gasteiger partial charge in [-0.15, -0.1) is 11.8 Å². The van der Waals surface area contributed by atoms with Crippen LogP contribution in [0.3, 0.4) is 0 Å². The molecule has 1 N–H and O–H groups in total. The van der Waals surface area contributed by atoms with Gasteiger partial charge in [0.05, 0.1) is 12.0 Å². The number of thioether (sulfide) groups is 1. The summed E-state index contributed by atoms with van der Waals surface area (Å²) >= 11 is 1.55. The SMILES string of the molecule is Cc1cc(C)cc(CSCC(=O)N/N=C/c2ccc(OCC(=O)OC(C)(C)C)cc2)c1. The van der Waals surface area contributed by atoms with Crippen LogP contribution in [0.25, 0.3) is 0 Å². The number of benzene rings is 2. The number of hydrazone groups is 1. The molecule has 0 fully saturated rings. The van der Waals surface area contributed by atoms with Crippen molar-refractivity contribution in [2.45, 2.75) is 46.0 Å². The van der Waals surface area contributed by atoms with E-state index in [-0.39, 0.29) is 12.5 Å². The van der Waals surface area contributed by atoms with Crippen LogP contribution < -0.4 is 10.2 Å². The lowest BCUT2D eigenvalue weighted by Crippen LogP contribution is -2.27. The number of carbonyl (C=O) groups excluding carboxylic acids is 2. The molecule has 2 rings (SSSR count). The van der Waals surface area contributed by atoms with Crippen molar-refractivity contribution in [3.63, 3.8) is 0 Å². The van der Waals surface area contributed by atoms with Crippen LogP contribution in [0.4, 0.5) is 0 Å². The highest BCUT2D eigenvalue weighted by Gasteiger charge is 2.16. The van der Waals surface area contributed by atoms with Crippen molar-refractivity contribution in [1.29, 1.82) is 0 Å². The van der Waals surface area contributed by atoms with Gasteiger partial charge in [-0.1, -0.05) is 29.3 Å². The molecular weight excluding hydrogens is 412 g/mol. The lowest BCUT2D eigenvalue weighted by molar-refractivity contribution is -0.157. The van der Waals surface area contributed by atoms with Gasteiger partial charge in [-0.2, -0.15) is 5.10 Å². The lowest BCUT2D eigenvalue weighted by Gasteiger charge is -2.19. The molecular formula is C24H30N2O4S. The predicted molar refractivity (Wildman–Crippen MR) is 126 cm³/mol. The largest absolute Gasteiger partial charge is 0.482 e. The van der Waals surface area contributed by atoms with Gasteiger partial charge in [-0.3, -0.25) is 4.79 Å². The molecule has 0 aromatic heterocycles. The van der Waals surface area contributed by atoms with Gasteiger partial charge in [-0.25, -0.2) is 10.2 Å². The van der Waals surface area contributed by atoms with Gasteiger partial charge in [-0.05, 0) is 70.0 Å². The molecule has 1 amide bonds. The molecule has 6 nitrogen and oxygen atoms in total. The molecule has 2 aromatic rings. The number of ether oxygens (including phenoxy) is 2. The fourth-order valence-electron chi connectivity index (χ4n) is 2.79. The smallest absolute Gasteiger partial charge is 0.344 e. The van der Waals surface area contributed by atoms with Gasteiger partial charge in [0.1, 0.15) is 11.4 Å². The number of hydrogen-bond acceptors (Lipinski definition) is 6. The van der Waals surface area contributed by atoms with Crippen molar-refractivity contribution in [2.75, 3.05) is 12.4 Å².